The number of methoxy groups -OCH3 is 2. The first kappa shape index (κ1) is 18.3. The molecule has 4 aliphatic rings. The lowest BCUT2D eigenvalue weighted by atomic mass is 9.39. The smallest absolute Gasteiger partial charge is 0.168 e. The van der Waals surface area contributed by atoms with E-state index in [2.05, 4.69) is 20.8 Å². The summed E-state index contributed by atoms with van der Waals surface area (Å²) in [6.45, 7) is 7.37. The molecule has 3 heteroatoms. The van der Waals surface area contributed by atoms with Crippen molar-refractivity contribution in [1.29, 1.82) is 0 Å². The molecule has 4 fully saturated rings. The second-order valence-corrected chi connectivity index (χ2v) is 10.6. The highest BCUT2D eigenvalue weighted by molar-refractivity contribution is 5.17. The second-order valence-electron chi connectivity index (χ2n) is 10.6. The largest absolute Gasteiger partial charge is 0.389 e. The highest BCUT2D eigenvalue weighted by atomic mass is 16.7. The molecule has 0 aromatic rings. The zero-order chi connectivity index (χ0) is 18.1. The molecule has 4 rings (SSSR count). The summed E-state index contributed by atoms with van der Waals surface area (Å²) in [6, 6.07) is 0. The molecule has 25 heavy (non-hydrogen) atoms. The minimum Gasteiger partial charge on any atom is -0.389 e. The van der Waals surface area contributed by atoms with Crippen molar-refractivity contribution >= 4 is 0 Å². The number of ether oxygens (including phenoxy) is 2. The summed E-state index contributed by atoms with van der Waals surface area (Å²) < 4.78 is 11.7. The van der Waals surface area contributed by atoms with Crippen molar-refractivity contribution in [3.05, 3.63) is 0 Å². The van der Waals surface area contributed by atoms with Crippen molar-refractivity contribution in [2.45, 2.75) is 96.4 Å². The maximum atomic E-state index is 11.8. The van der Waals surface area contributed by atoms with E-state index >= 15 is 0 Å². The molecule has 0 aromatic carbocycles. The fraction of sp³-hybridized carbons (Fsp3) is 1.00. The normalized spacial score (nSPS) is 54.5. The second kappa shape index (κ2) is 5.45. The zero-order valence-electron chi connectivity index (χ0n) is 17.0. The summed E-state index contributed by atoms with van der Waals surface area (Å²) in [6.07, 6.45) is 11.4. The lowest BCUT2D eigenvalue weighted by molar-refractivity contribution is -0.292. The minimum absolute atomic E-state index is 0.162. The van der Waals surface area contributed by atoms with Crippen LogP contribution in [-0.2, 0) is 9.47 Å². The summed E-state index contributed by atoms with van der Waals surface area (Å²) >= 11 is 0. The number of hydrogen-bond acceptors (Lipinski definition) is 3. The van der Waals surface area contributed by atoms with Gasteiger partial charge in [0.1, 0.15) is 0 Å². The van der Waals surface area contributed by atoms with Crippen LogP contribution < -0.4 is 0 Å². The van der Waals surface area contributed by atoms with Crippen LogP contribution in [-0.4, -0.2) is 30.7 Å². The van der Waals surface area contributed by atoms with Crippen molar-refractivity contribution in [3.8, 4) is 0 Å². The molecule has 144 valence electrons. The van der Waals surface area contributed by atoms with Gasteiger partial charge in [-0.15, -0.1) is 0 Å². The third kappa shape index (κ3) is 2.15. The lowest BCUT2D eigenvalue weighted by Gasteiger charge is -2.67. The lowest BCUT2D eigenvalue weighted by Crippen LogP contribution is -2.65. The van der Waals surface area contributed by atoms with E-state index in [-0.39, 0.29) is 16.2 Å². The Bertz CT molecular complexity index is 543. The van der Waals surface area contributed by atoms with Gasteiger partial charge in [0.25, 0.3) is 0 Å². The van der Waals surface area contributed by atoms with Gasteiger partial charge in [-0.05, 0) is 79.4 Å². The quantitative estimate of drug-likeness (QED) is 0.719. The van der Waals surface area contributed by atoms with E-state index in [4.69, 9.17) is 9.47 Å². The van der Waals surface area contributed by atoms with Crippen LogP contribution in [0.3, 0.4) is 0 Å². The molecular weight excluding hydrogens is 312 g/mol. The van der Waals surface area contributed by atoms with Gasteiger partial charge >= 0.3 is 0 Å². The molecule has 0 saturated heterocycles. The van der Waals surface area contributed by atoms with Crippen LogP contribution in [0.15, 0.2) is 0 Å². The third-order valence-corrected chi connectivity index (χ3v) is 10.1. The molecule has 1 N–H and O–H groups in total. The Morgan fingerprint density at radius 1 is 0.760 bits per heavy atom. The summed E-state index contributed by atoms with van der Waals surface area (Å²) in [7, 11) is 3.60. The Morgan fingerprint density at radius 3 is 2.08 bits per heavy atom. The van der Waals surface area contributed by atoms with Crippen LogP contribution in [0.25, 0.3) is 0 Å². The first-order valence-corrected chi connectivity index (χ1v) is 10.5. The monoisotopic (exact) mass is 350 g/mol. The van der Waals surface area contributed by atoms with Crippen molar-refractivity contribution < 1.29 is 14.6 Å². The SMILES string of the molecule is COC1(OC)CC[C@]2(C)[C@H]3CC[C@]4(C)CCC[C@@]4(O)[C@@H]3CC[C@@]2(C)C1. The molecule has 0 heterocycles. The van der Waals surface area contributed by atoms with E-state index in [0.29, 0.717) is 11.8 Å². The van der Waals surface area contributed by atoms with Crippen LogP contribution in [0.2, 0.25) is 0 Å². The zero-order valence-corrected chi connectivity index (χ0v) is 17.0. The van der Waals surface area contributed by atoms with Gasteiger partial charge in [0, 0.05) is 27.1 Å². The van der Waals surface area contributed by atoms with Crippen molar-refractivity contribution in [1.82, 2.24) is 0 Å². The Hall–Kier alpha value is -0.120. The van der Waals surface area contributed by atoms with Crippen LogP contribution in [0, 0.1) is 28.1 Å². The van der Waals surface area contributed by atoms with E-state index in [1.807, 2.05) is 0 Å². The summed E-state index contributed by atoms with van der Waals surface area (Å²) in [5.74, 6) is 0.729. The first-order valence-electron chi connectivity index (χ1n) is 10.5. The molecule has 4 saturated carbocycles. The van der Waals surface area contributed by atoms with Gasteiger partial charge in [0.05, 0.1) is 5.60 Å². The van der Waals surface area contributed by atoms with Crippen LogP contribution in [0.5, 0.6) is 0 Å². The Morgan fingerprint density at radius 2 is 1.40 bits per heavy atom. The predicted octanol–water partition coefficient (Wildman–Crippen LogP) is 4.91. The van der Waals surface area contributed by atoms with Gasteiger partial charge in [-0.3, -0.25) is 0 Å². The van der Waals surface area contributed by atoms with Crippen molar-refractivity contribution in [2.24, 2.45) is 28.1 Å². The van der Waals surface area contributed by atoms with Crippen LogP contribution >= 0.6 is 0 Å². The fourth-order valence-electron chi connectivity index (χ4n) is 8.00. The van der Waals surface area contributed by atoms with E-state index in [1.54, 1.807) is 14.2 Å². The molecule has 0 amide bonds. The molecular formula is C22H38O3. The highest BCUT2D eigenvalue weighted by Gasteiger charge is 2.68. The molecule has 0 radical (unpaired) electrons. The van der Waals surface area contributed by atoms with E-state index in [9.17, 15) is 5.11 Å². The number of fused-ring (bicyclic) bond motifs is 5. The number of hydrogen-bond donors (Lipinski definition) is 1. The average Bonchev–Trinajstić information content (AvgIpc) is 2.90. The van der Waals surface area contributed by atoms with Gasteiger partial charge in [-0.2, -0.15) is 0 Å². The van der Waals surface area contributed by atoms with E-state index in [1.165, 1.54) is 38.5 Å². The minimum atomic E-state index is -0.419. The average molecular weight is 351 g/mol. The molecule has 0 spiro atoms. The van der Waals surface area contributed by atoms with Gasteiger partial charge in [-0.25, -0.2) is 0 Å². The molecule has 0 aliphatic heterocycles. The van der Waals surface area contributed by atoms with Gasteiger partial charge in [0.2, 0.25) is 0 Å². The van der Waals surface area contributed by atoms with Gasteiger partial charge in [0.15, 0.2) is 5.79 Å². The molecule has 6 atom stereocenters. The summed E-state index contributed by atoms with van der Waals surface area (Å²) in [5.41, 5.74) is 0.268. The third-order valence-electron chi connectivity index (χ3n) is 10.1. The Kier molecular flexibility index (Phi) is 3.98. The molecule has 0 aromatic heterocycles. The Balaban J connectivity index is 1.68. The molecule has 0 unspecified atom stereocenters. The Labute approximate surface area is 153 Å². The van der Waals surface area contributed by atoms with Crippen molar-refractivity contribution in [3.63, 3.8) is 0 Å². The maximum absolute atomic E-state index is 11.8. The summed E-state index contributed by atoms with van der Waals surface area (Å²) in [4.78, 5) is 0. The van der Waals surface area contributed by atoms with Gasteiger partial charge in [-0.1, -0.05) is 20.8 Å². The highest BCUT2D eigenvalue weighted by Crippen LogP contribution is 2.71. The first-order chi connectivity index (χ1) is 11.7. The van der Waals surface area contributed by atoms with Crippen molar-refractivity contribution in [2.75, 3.05) is 14.2 Å². The van der Waals surface area contributed by atoms with Crippen LogP contribution in [0.4, 0.5) is 0 Å². The number of rotatable bonds is 2. The maximum Gasteiger partial charge on any atom is 0.168 e. The summed E-state index contributed by atoms with van der Waals surface area (Å²) in [5, 5.41) is 11.8. The number of aliphatic hydroxyl groups is 1. The standard InChI is InChI=1S/C22H38O3/c1-18-9-6-10-22(18,23)17-8-12-19(2)15-21(24-4,25-5)14-13-20(19,3)16(17)7-11-18/h16-17,23H,6-15H2,1-5H3/t16-,17+,18-,19-,20+,22+/m0/s1. The molecule has 0 bridgehead atoms. The van der Waals surface area contributed by atoms with Gasteiger partial charge < -0.3 is 14.6 Å². The molecule has 4 aliphatic carbocycles. The predicted molar refractivity (Wildman–Crippen MR) is 99.2 cm³/mol. The topological polar surface area (TPSA) is 38.7 Å². The van der Waals surface area contributed by atoms with E-state index in [0.717, 1.165) is 25.7 Å². The fourth-order valence-corrected chi connectivity index (χ4v) is 8.00. The molecule has 3 nitrogen and oxygen atoms in total. The van der Waals surface area contributed by atoms with Crippen LogP contribution in [0.1, 0.15) is 85.0 Å². The van der Waals surface area contributed by atoms with E-state index < -0.39 is 11.4 Å².